The fraction of sp³-hybridized carbons (Fsp3) is 0.917. The van der Waals surface area contributed by atoms with Crippen molar-refractivity contribution in [2.24, 2.45) is 0 Å². The predicted octanol–water partition coefficient (Wildman–Crippen LogP) is 3.12. The van der Waals surface area contributed by atoms with E-state index in [1.54, 1.807) is 0 Å². The molecule has 1 heterocycles. The van der Waals surface area contributed by atoms with Gasteiger partial charge in [-0.2, -0.15) is 0 Å². The number of carbonyl (C=O) groups excluding carboxylic acids is 1. The maximum Gasteiger partial charge on any atom is 0.222 e. The van der Waals surface area contributed by atoms with Gasteiger partial charge in [-0.25, -0.2) is 0 Å². The first-order valence-electron chi connectivity index (χ1n) is 6.33. The van der Waals surface area contributed by atoms with E-state index in [4.69, 9.17) is 0 Å². The molecule has 0 aliphatic carbocycles. The molecule has 0 radical (unpaired) electrons. The Balaban J connectivity index is 2.24. The van der Waals surface area contributed by atoms with Gasteiger partial charge in [-0.15, -0.1) is 0 Å². The first kappa shape index (κ1) is 12.8. The topological polar surface area (TPSA) is 20.3 Å². The molecule has 2 nitrogen and oxygen atoms in total. The lowest BCUT2D eigenvalue weighted by Gasteiger charge is -2.35. The second-order valence-corrected chi connectivity index (χ2v) is 10.8. The van der Waals surface area contributed by atoms with Gasteiger partial charge in [0.1, 0.15) is 0 Å². The fourth-order valence-electron chi connectivity index (χ4n) is 2.05. The van der Waals surface area contributed by atoms with Crippen molar-refractivity contribution in [1.82, 2.24) is 4.90 Å². The van der Waals surface area contributed by atoms with Crippen LogP contribution in [0.3, 0.4) is 0 Å². The summed E-state index contributed by atoms with van der Waals surface area (Å²) in [4.78, 5) is 13.9. The van der Waals surface area contributed by atoms with Crippen LogP contribution < -0.4 is 0 Å². The summed E-state index contributed by atoms with van der Waals surface area (Å²) in [5, 5.41) is 0. The number of unbranched alkanes of at least 4 members (excludes halogenated alkanes) is 2. The van der Waals surface area contributed by atoms with Gasteiger partial charge in [-0.3, -0.25) is 4.79 Å². The van der Waals surface area contributed by atoms with Crippen LogP contribution in [0, 0.1) is 0 Å². The zero-order valence-electron chi connectivity index (χ0n) is 10.5. The van der Waals surface area contributed by atoms with E-state index in [9.17, 15) is 4.79 Å². The van der Waals surface area contributed by atoms with E-state index in [0.29, 0.717) is 5.91 Å². The van der Waals surface area contributed by atoms with Crippen molar-refractivity contribution in [3.63, 3.8) is 0 Å². The Morgan fingerprint density at radius 2 is 1.80 bits per heavy atom. The molecular weight excluding hydrogens is 202 g/mol. The summed E-state index contributed by atoms with van der Waals surface area (Å²) in [6.45, 7) is 9.12. The number of amides is 1. The van der Waals surface area contributed by atoms with Gasteiger partial charge in [-0.05, 0) is 18.5 Å². The maximum atomic E-state index is 11.8. The second kappa shape index (κ2) is 5.68. The average molecular weight is 227 g/mol. The normalized spacial score (nSPS) is 20.3. The number of carbonyl (C=O) groups is 1. The Morgan fingerprint density at radius 3 is 2.33 bits per heavy atom. The van der Waals surface area contributed by atoms with Crippen LogP contribution in [-0.4, -0.2) is 32.0 Å². The average Bonchev–Trinajstić information content (AvgIpc) is 2.18. The summed E-state index contributed by atoms with van der Waals surface area (Å²) in [5.74, 6) is 0.396. The van der Waals surface area contributed by atoms with Crippen molar-refractivity contribution in [2.45, 2.75) is 57.8 Å². The van der Waals surface area contributed by atoms with Crippen LogP contribution in [0.1, 0.15) is 32.6 Å². The number of nitrogens with zero attached hydrogens (tertiary/aromatic N) is 1. The predicted molar refractivity (Wildman–Crippen MR) is 67.8 cm³/mol. The third kappa shape index (κ3) is 4.37. The van der Waals surface area contributed by atoms with Crippen LogP contribution in [0.4, 0.5) is 0 Å². The summed E-state index contributed by atoms with van der Waals surface area (Å²) in [6, 6.07) is 2.60. The summed E-state index contributed by atoms with van der Waals surface area (Å²) < 4.78 is 0. The Labute approximate surface area is 95.1 Å². The molecule has 1 fully saturated rings. The zero-order valence-corrected chi connectivity index (χ0v) is 11.5. The van der Waals surface area contributed by atoms with E-state index in [2.05, 4.69) is 24.9 Å². The van der Waals surface area contributed by atoms with Crippen molar-refractivity contribution in [2.75, 3.05) is 13.1 Å². The number of hydrogen-bond acceptors (Lipinski definition) is 1. The van der Waals surface area contributed by atoms with Crippen molar-refractivity contribution >= 4 is 14.0 Å². The minimum atomic E-state index is -0.910. The van der Waals surface area contributed by atoms with Crippen LogP contribution in [0.2, 0.25) is 25.2 Å². The van der Waals surface area contributed by atoms with Gasteiger partial charge >= 0.3 is 0 Å². The molecular formula is C12H25NOSi. The monoisotopic (exact) mass is 227 g/mol. The van der Waals surface area contributed by atoms with Crippen LogP contribution in [-0.2, 0) is 4.79 Å². The molecule has 1 aliphatic heterocycles. The van der Waals surface area contributed by atoms with Crippen molar-refractivity contribution in [1.29, 1.82) is 0 Å². The molecule has 0 aromatic rings. The summed E-state index contributed by atoms with van der Waals surface area (Å²) in [5.41, 5.74) is 0. The lowest BCUT2D eigenvalue weighted by molar-refractivity contribution is -0.131. The molecule has 0 N–H and O–H groups in total. The molecule has 1 amide bonds. The molecule has 0 spiro atoms. The van der Waals surface area contributed by atoms with E-state index in [0.717, 1.165) is 25.9 Å². The summed E-state index contributed by atoms with van der Waals surface area (Å²) in [6.07, 6.45) is 4.25. The van der Waals surface area contributed by atoms with E-state index < -0.39 is 8.07 Å². The molecule has 0 saturated carbocycles. The first-order valence-corrected chi connectivity index (χ1v) is 9.74. The van der Waals surface area contributed by atoms with E-state index in [1.165, 1.54) is 24.9 Å². The highest BCUT2D eigenvalue weighted by atomic mass is 28.3. The molecule has 0 aromatic heterocycles. The van der Waals surface area contributed by atoms with E-state index >= 15 is 0 Å². The third-order valence-corrected chi connectivity index (χ3v) is 6.62. The lowest BCUT2D eigenvalue weighted by atomic mass is 10.2. The molecule has 1 saturated heterocycles. The van der Waals surface area contributed by atoms with Crippen molar-refractivity contribution < 1.29 is 4.79 Å². The second-order valence-electron chi connectivity index (χ2n) is 5.50. The minimum Gasteiger partial charge on any atom is -0.343 e. The first-order chi connectivity index (χ1) is 7.05. The zero-order chi connectivity index (χ0) is 11.3. The quantitative estimate of drug-likeness (QED) is 0.534. The number of hydrogen-bond donors (Lipinski definition) is 0. The molecule has 15 heavy (non-hydrogen) atoms. The molecule has 0 unspecified atom stereocenters. The Hall–Kier alpha value is -0.313. The Bertz CT molecular complexity index is 206. The molecule has 0 atom stereocenters. The molecule has 1 rings (SSSR count). The highest BCUT2D eigenvalue weighted by molar-refractivity contribution is 6.77. The van der Waals surface area contributed by atoms with Gasteiger partial charge in [-0.1, -0.05) is 32.9 Å². The maximum absolute atomic E-state index is 11.8. The van der Waals surface area contributed by atoms with Crippen LogP contribution in [0.15, 0.2) is 0 Å². The highest BCUT2D eigenvalue weighted by Gasteiger charge is 2.28. The fourth-order valence-corrected chi connectivity index (χ4v) is 4.05. The Kier molecular flexibility index (Phi) is 4.83. The van der Waals surface area contributed by atoms with Crippen molar-refractivity contribution in [3.8, 4) is 0 Å². The van der Waals surface area contributed by atoms with Gasteiger partial charge in [0, 0.05) is 19.5 Å². The smallest absolute Gasteiger partial charge is 0.222 e. The molecule has 0 aromatic carbocycles. The summed E-state index contributed by atoms with van der Waals surface area (Å²) in [7, 11) is -0.910. The standard InChI is InChI=1S/C12H25NOSi/c1-4-5-6-7-12(14)13-8-10-15(2,3)11-9-13/h4-11H2,1-3H3. The van der Waals surface area contributed by atoms with Gasteiger partial charge in [0.15, 0.2) is 0 Å². The number of rotatable bonds is 4. The Morgan fingerprint density at radius 1 is 1.20 bits per heavy atom. The van der Waals surface area contributed by atoms with Gasteiger partial charge in [0.05, 0.1) is 8.07 Å². The van der Waals surface area contributed by atoms with Crippen molar-refractivity contribution in [3.05, 3.63) is 0 Å². The molecule has 88 valence electrons. The van der Waals surface area contributed by atoms with Crippen LogP contribution >= 0.6 is 0 Å². The third-order valence-electron chi connectivity index (χ3n) is 3.46. The largest absolute Gasteiger partial charge is 0.343 e. The minimum absolute atomic E-state index is 0.396. The van der Waals surface area contributed by atoms with Gasteiger partial charge < -0.3 is 4.90 Å². The molecule has 1 aliphatic rings. The van der Waals surface area contributed by atoms with Gasteiger partial charge in [0.25, 0.3) is 0 Å². The SMILES string of the molecule is CCCCCC(=O)N1CC[Si](C)(C)CC1. The molecule has 0 bridgehead atoms. The molecule has 3 heteroatoms. The van der Waals surface area contributed by atoms with Gasteiger partial charge in [0.2, 0.25) is 5.91 Å². The van der Waals surface area contributed by atoms with E-state index in [1.807, 2.05) is 0 Å². The lowest BCUT2D eigenvalue weighted by Crippen LogP contribution is -2.45. The van der Waals surface area contributed by atoms with E-state index in [-0.39, 0.29) is 0 Å². The van der Waals surface area contributed by atoms with Crippen LogP contribution in [0.5, 0.6) is 0 Å². The summed E-state index contributed by atoms with van der Waals surface area (Å²) >= 11 is 0. The highest BCUT2D eigenvalue weighted by Crippen LogP contribution is 2.22. The van der Waals surface area contributed by atoms with Crippen LogP contribution in [0.25, 0.3) is 0 Å².